The largest absolute Gasteiger partial charge is 0.469 e. The maximum atomic E-state index is 12.2. The van der Waals surface area contributed by atoms with Gasteiger partial charge in [-0.1, -0.05) is 169 Å². The minimum absolute atomic E-state index is 0.149. The number of carbonyl (C=O) groups is 4. The second-order valence-corrected chi connectivity index (χ2v) is 17.0. The van der Waals surface area contributed by atoms with Gasteiger partial charge in [0.25, 0.3) is 0 Å². The maximum Gasteiger partial charge on any atom is 0.306 e. The Labute approximate surface area is 368 Å². The van der Waals surface area contributed by atoms with E-state index >= 15 is 0 Å². The van der Waals surface area contributed by atoms with Gasteiger partial charge in [0.2, 0.25) is 0 Å². The fourth-order valence-corrected chi connectivity index (χ4v) is 7.29. The Kier molecular flexibility index (Phi) is 46.2. The van der Waals surface area contributed by atoms with Crippen LogP contribution in [0.1, 0.15) is 259 Å². The van der Waals surface area contributed by atoms with Crippen LogP contribution in [0.4, 0.5) is 0 Å². The summed E-state index contributed by atoms with van der Waals surface area (Å²) in [5.74, 6) is -0.638. The molecule has 10 nitrogen and oxygen atoms in total. The van der Waals surface area contributed by atoms with Gasteiger partial charge in [-0.25, -0.2) is 0 Å². The lowest BCUT2D eigenvalue weighted by Crippen LogP contribution is -2.31. The van der Waals surface area contributed by atoms with Crippen LogP contribution < -0.4 is 0 Å². The van der Waals surface area contributed by atoms with Crippen molar-refractivity contribution >= 4 is 23.9 Å². The molecular formula is C50H96O10. The lowest BCUT2D eigenvalue weighted by Gasteiger charge is -2.23. The predicted molar refractivity (Wildman–Crippen MR) is 245 cm³/mol. The topological polar surface area (TPSA) is 146 Å². The van der Waals surface area contributed by atoms with Crippen LogP contribution >= 0.6 is 0 Å². The van der Waals surface area contributed by atoms with Crippen molar-refractivity contribution in [2.45, 2.75) is 283 Å². The summed E-state index contributed by atoms with van der Waals surface area (Å²) in [7, 11) is 2.84. The molecule has 0 radical (unpaired) electrons. The molecule has 356 valence electrons. The number of aliphatic hydroxyl groups excluding tert-OH is 2. The SMILES string of the molecule is CCCCCCCCC(O)C(CCCCCCCC(=O)OC)OC(=O)CCCCC.CCCCCCCCC(OC(=O)CCCCC)C(O)CCCCCCCC(=O)OC. The van der Waals surface area contributed by atoms with E-state index in [0.29, 0.717) is 44.9 Å². The minimum Gasteiger partial charge on any atom is -0.469 e. The standard InChI is InChI=1S/2C25H48O5/c1-4-6-8-9-12-16-19-23(30-25(28)21-14-7-5-2)22(26)18-15-11-10-13-17-20-24(27)29-3;1-4-6-8-9-11-15-18-22(26)23(30-25(28)21-14-7-5-2)19-16-12-10-13-17-20-24(27)29-3/h2*22-23,26H,4-21H2,1-3H3. The average molecular weight is 857 g/mol. The molecule has 0 saturated carbocycles. The monoisotopic (exact) mass is 857 g/mol. The van der Waals surface area contributed by atoms with Crippen molar-refractivity contribution in [3.05, 3.63) is 0 Å². The summed E-state index contributed by atoms with van der Waals surface area (Å²) < 4.78 is 20.7. The van der Waals surface area contributed by atoms with Gasteiger partial charge in [0, 0.05) is 25.7 Å². The van der Waals surface area contributed by atoms with Crippen LogP contribution in [-0.2, 0) is 38.1 Å². The van der Waals surface area contributed by atoms with Crippen LogP contribution in [0.2, 0.25) is 0 Å². The fraction of sp³-hybridized carbons (Fsp3) is 0.920. The molecule has 0 aliphatic heterocycles. The normalized spacial score (nSPS) is 13.1. The Bertz CT molecular complexity index is 973. The van der Waals surface area contributed by atoms with E-state index < -0.39 is 12.2 Å². The Morgan fingerprint density at radius 1 is 0.333 bits per heavy atom. The van der Waals surface area contributed by atoms with E-state index in [1.165, 1.54) is 65.6 Å². The van der Waals surface area contributed by atoms with Crippen molar-refractivity contribution < 1.29 is 48.3 Å². The molecular weight excluding hydrogens is 761 g/mol. The first kappa shape index (κ1) is 59.9. The third kappa shape index (κ3) is 41.2. The highest BCUT2D eigenvalue weighted by molar-refractivity contribution is 5.70. The van der Waals surface area contributed by atoms with E-state index in [1.54, 1.807) is 0 Å². The minimum atomic E-state index is -0.578. The Morgan fingerprint density at radius 3 is 0.883 bits per heavy atom. The van der Waals surface area contributed by atoms with Crippen LogP contribution in [-0.4, -0.2) is 72.7 Å². The van der Waals surface area contributed by atoms with E-state index in [1.807, 2.05) is 0 Å². The second kappa shape index (κ2) is 46.3. The van der Waals surface area contributed by atoms with E-state index in [9.17, 15) is 29.4 Å². The first-order chi connectivity index (χ1) is 29.1. The van der Waals surface area contributed by atoms with Crippen molar-refractivity contribution in [3.63, 3.8) is 0 Å². The van der Waals surface area contributed by atoms with Gasteiger partial charge in [-0.3, -0.25) is 19.2 Å². The third-order valence-corrected chi connectivity index (χ3v) is 11.3. The number of rotatable bonds is 42. The van der Waals surface area contributed by atoms with E-state index in [0.717, 1.165) is 135 Å². The van der Waals surface area contributed by atoms with Crippen LogP contribution in [0, 0.1) is 0 Å². The summed E-state index contributed by atoms with van der Waals surface area (Å²) in [6.45, 7) is 8.65. The van der Waals surface area contributed by atoms with Gasteiger partial charge in [0.05, 0.1) is 26.4 Å². The second-order valence-electron chi connectivity index (χ2n) is 17.0. The van der Waals surface area contributed by atoms with Crippen molar-refractivity contribution in [1.29, 1.82) is 0 Å². The molecule has 0 aromatic carbocycles. The van der Waals surface area contributed by atoms with Gasteiger partial charge in [0.1, 0.15) is 12.2 Å². The smallest absolute Gasteiger partial charge is 0.306 e. The molecule has 10 heteroatoms. The van der Waals surface area contributed by atoms with E-state index in [-0.39, 0.29) is 36.1 Å². The Morgan fingerprint density at radius 2 is 0.567 bits per heavy atom. The molecule has 2 N–H and O–H groups in total. The lowest BCUT2D eigenvalue weighted by atomic mass is 9.99. The highest BCUT2D eigenvalue weighted by Gasteiger charge is 2.24. The molecule has 0 spiro atoms. The number of hydrogen-bond acceptors (Lipinski definition) is 10. The Hall–Kier alpha value is -2.20. The molecule has 0 aromatic heterocycles. The summed E-state index contributed by atoms with van der Waals surface area (Å²) in [6, 6.07) is 0. The summed E-state index contributed by atoms with van der Waals surface area (Å²) in [4.78, 5) is 46.6. The maximum absolute atomic E-state index is 12.2. The molecule has 0 heterocycles. The van der Waals surface area contributed by atoms with E-state index in [2.05, 4.69) is 37.2 Å². The summed E-state index contributed by atoms with van der Waals surface area (Å²) in [6.07, 6.45) is 32.7. The zero-order valence-corrected chi connectivity index (χ0v) is 39.9. The first-order valence-electron chi connectivity index (χ1n) is 25.0. The molecule has 0 bridgehead atoms. The summed E-state index contributed by atoms with van der Waals surface area (Å²) in [5.41, 5.74) is 0. The van der Waals surface area contributed by atoms with Crippen LogP contribution in [0.3, 0.4) is 0 Å². The highest BCUT2D eigenvalue weighted by atomic mass is 16.6. The number of aliphatic hydroxyl groups is 2. The zero-order valence-electron chi connectivity index (χ0n) is 39.9. The van der Waals surface area contributed by atoms with Gasteiger partial charge in [-0.05, 0) is 64.2 Å². The zero-order chi connectivity index (χ0) is 44.9. The summed E-state index contributed by atoms with van der Waals surface area (Å²) in [5, 5.41) is 21.3. The quantitative estimate of drug-likeness (QED) is 0.0345. The van der Waals surface area contributed by atoms with Crippen molar-refractivity contribution in [3.8, 4) is 0 Å². The average Bonchev–Trinajstić information content (AvgIpc) is 3.24. The lowest BCUT2D eigenvalue weighted by molar-refractivity contribution is -0.157. The van der Waals surface area contributed by atoms with E-state index in [4.69, 9.17) is 9.47 Å². The number of ether oxygens (including phenoxy) is 4. The van der Waals surface area contributed by atoms with Gasteiger partial charge in [0.15, 0.2) is 0 Å². The molecule has 4 atom stereocenters. The first-order valence-corrected chi connectivity index (χ1v) is 25.0. The third-order valence-electron chi connectivity index (χ3n) is 11.3. The molecule has 0 aliphatic carbocycles. The fourth-order valence-electron chi connectivity index (χ4n) is 7.29. The van der Waals surface area contributed by atoms with Crippen LogP contribution in [0.15, 0.2) is 0 Å². The van der Waals surface area contributed by atoms with Gasteiger partial charge >= 0.3 is 23.9 Å². The van der Waals surface area contributed by atoms with Gasteiger partial charge in [-0.2, -0.15) is 0 Å². The highest BCUT2D eigenvalue weighted by Crippen LogP contribution is 2.21. The molecule has 0 aliphatic rings. The number of methoxy groups -OCH3 is 2. The van der Waals surface area contributed by atoms with Crippen molar-refractivity contribution in [2.24, 2.45) is 0 Å². The van der Waals surface area contributed by atoms with Gasteiger partial charge < -0.3 is 29.2 Å². The molecule has 0 fully saturated rings. The Balaban J connectivity index is 0. The number of hydrogen-bond donors (Lipinski definition) is 2. The summed E-state index contributed by atoms with van der Waals surface area (Å²) >= 11 is 0. The molecule has 4 unspecified atom stereocenters. The number of unbranched alkanes of at least 4 members (excludes halogenated alkanes) is 22. The van der Waals surface area contributed by atoms with Crippen LogP contribution in [0.5, 0.6) is 0 Å². The van der Waals surface area contributed by atoms with Crippen LogP contribution in [0.25, 0.3) is 0 Å². The number of carbonyl (C=O) groups excluding carboxylic acids is 4. The molecule has 0 saturated heterocycles. The molecule has 60 heavy (non-hydrogen) atoms. The number of esters is 4. The molecule has 0 amide bonds. The van der Waals surface area contributed by atoms with Crippen molar-refractivity contribution in [2.75, 3.05) is 14.2 Å². The molecule has 0 rings (SSSR count). The predicted octanol–water partition coefficient (Wildman–Crippen LogP) is 13.0. The van der Waals surface area contributed by atoms with Gasteiger partial charge in [-0.15, -0.1) is 0 Å². The molecule has 0 aromatic rings. The van der Waals surface area contributed by atoms with Crippen molar-refractivity contribution in [1.82, 2.24) is 0 Å².